The highest BCUT2D eigenvalue weighted by Gasteiger charge is 2.21. The quantitative estimate of drug-likeness (QED) is 0.808. The molecule has 0 atom stereocenters. The number of aryl methyl sites for hydroxylation is 1. The lowest BCUT2D eigenvalue weighted by atomic mass is 10.1. The molecule has 0 saturated heterocycles. The van der Waals surface area contributed by atoms with Crippen LogP contribution in [0.15, 0.2) is 48.8 Å². The number of halogens is 1. The fourth-order valence-corrected chi connectivity index (χ4v) is 2.77. The molecule has 0 fully saturated rings. The van der Waals surface area contributed by atoms with Crippen LogP contribution in [0.2, 0.25) is 0 Å². The minimum Gasteiger partial charge on any atom is -0.351 e. The molecule has 1 aliphatic rings. The summed E-state index contributed by atoms with van der Waals surface area (Å²) in [6.07, 6.45) is 3.75. The Kier molecular flexibility index (Phi) is 3.22. The Hall–Kier alpha value is -2.89. The molecule has 3 aromatic rings. The maximum Gasteiger partial charge on any atom is 0.151 e. The highest BCUT2D eigenvalue weighted by Crippen LogP contribution is 2.34. The van der Waals surface area contributed by atoms with E-state index < -0.39 is 0 Å². The molecule has 0 amide bonds. The number of nitrogens with one attached hydrogen (secondary N) is 1. The number of hydrogen-bond acceptors (Lipinski definition) is 4. The Balaban J connectivity index is 1.64. The first-order valence-electron chi connectivity index (χ1n) is 7.42. The fourth-order valence-electron chi connectivity index (χ4n) is 2.77. The van der Waals surface area contributed by atoms with E-state index in [1.165, 1.54) is 12.1 Å². The van der Waals surface area contributed by atoms with E-state index in [2.05, 4.69) is 26.4 Å². The summed E-state index contributed by atoms with van der Waals surface area (Å²) < 4.78 is 14.9. The van der Waals surface area contributed by atoms with E-state index in [0.29, 0.717) is 6.67 Å². The number of rotatable bonds is 3. The minimum absolute atomic E-state index is 0.235. The zero-order valence-electron chi connectivity index (χ0n) is 12.7. The van der Waals surface area contributed by atoms with Gasteiger partial charge in [-0.2, -0.15) is 5.10 Å². The van der Waals surface area contributed by atoms with Gasteiger partial charge < -0.3 is 10.2 Å². The van der Waals surface area contributed by atoms with E-state index in [9.17, 15) is 4.39 Å². The van der Waals surface area contributed by atoms with Crippen LogP contribution in [-0.2, 0) is 13.6 Å². The molecule has 1 aromatic carbocycles. The number of benzene rings is 1. The molecule has 1 N–H and O–H groups in total. The Bertz CT molecular complexity index is 840. The van der Waals surface area contributed by atoms with Gasteiger partial charge in [0.15, 0.2) is 5.82 Å². The van der Waals surface area contributed by atoms with Crippen molar-refractivity contribution in [1.82, 2.24) is 14.8 Å². The maximum atomic E-state index is 13.1. The van der Waals surface area contributed by atoms with Crippen LogP contribution in [0.3, 0.4) is 0 Å². The molecule has 0 aliphatic carbocycles. The number of nitrogens with zero attached hydrogens (tertiary/aromatic N) is 4. The Morgan fingerprint density at radius 1 is 1.17 bits per heavy atom. The van der Waals surface area contributed by atoms with Crippen LogP contribution < -0.4 is 10.2 Å². The highest BCUT2D eigenvalue weighted by molar-refractivity contribution is 5.77. The molecule has 0 spiro atoms. The molecule has 2 aromatic heterocycles. The number of aromatic nitrogens is 3. The van der Waals surface area contributed by atoms with Crippen LogP contribution >= 0.6 is 0 Å². The largest absolute Gasteiger partial charge is 0.351 e. The van der Waals surface area contributed by atoms with Gasteiger partial charge in [-0.1, -0.05) is 12.1 Å². The SMILES string of the molecule is Cn1ccc(CN2CNc3ncc(-c4ccc(F)cc4)cc32)n1. The summed E-state index contributed by atoms with van der Waals surface area (Å²) in [6, 6.07) is 10.6. The van der Waals surface area contributed by atoms with Gasteiger partial charge in [0, 0.05) is 25.0 Å². The zero-order chi connectivity index (χ0) is 15.8. The van der Waals surface area contributed by atoms with Gasteiger partial charge in [0.1, 0.15) is 5.82 Å². The second-order valence-corrected chi connectivity index (χ2v) is 5.61. The second kappa shape index (κ2) is 5.39. The molecule has 0 unspecified atom stereocenters. The van der Waals surface area contributed by atoms with E-state index >= 15 is 0 Å². The smallest absolute Gasteiger partial charge is 0.151 e. The Morgan fingerprint density at radius 2 is 2.00 bits per heavy atom. The summed E-state index contributed by atoms with van der Waals surface area (Å²) in [7, 11) is 1.91. The third-order valence-electron chi connectivity index (χ3n) is 3.94. The summed E-state index contributed by atoms with van der Waals surface area (Å²) in [5.74, 6) is 0.633. The molecule has 23 heavy (non-hydrogen) atoms. The Morgan fingerprint density at radius 3 is 2.74 bits per heavy atom. The third-order valence-corrected chi connectivity index (χ3v) is 3.94. The van der Waals surface area contributed by atoms with Crippen LogP contribution in [0.1, 0.15) is 5.69 Å². The van der Waals surface area contributed by atoms with Crippen molar-refractivity contribution < 1.29 is 4.39 Å². The van der Waals surface area contributed by atoms with Crippen molar-refractivity contribution in [1.29, 1.82) is 0 Å². The average Bonchev–Trinajstić information content (AvgIpc) is 3.15. The van der Waals surface area contributed by atoms with Crippen LogP contribution in [0.5, 0.6) is 0 Å². The number of fused-ring (bicyclic) bond motifs is 1. The lowest BCUT2D eigenvalue weighted by Gasteiger charge is -2.16. The molecule has 1 aliphatic heterocycles. The van der Waals surface area contributed by atoms with Gasteiger partial charge in [0.25, 0.3) is 0 Å². The topological polar surface area (TPSA) is 46.0 Å². The zero-order valence-corrected chi connectivity index (χ0v) is 12.7. The fraction of sp³-hybridized carbons (Fsp3) is 0.176. The molecular formula is C17H16FN5. The standard InChI is InChI=1S/C17H16FN5/c1-22-7-6-15(21-22)10-23-11-20-17-16(23)8-13(9-19-17)12-2-4-14(18)5-3-12/h2-9H,10-11H2,1H3,(H,19,20). The van der Waals surface area contributed by atoms with Crippen LogP contribution in [-0.4, -0.2) is 21.4 Å². The molecule has 0 bridgehead atoms. The van der Waals surface area contributed by atoms with E-state index in [0.717, 1.165) is 34.9 Å². The lowest BCUT2D eigenvalue weighted by Crippen LogP contribution is -2.22. The summed E-state index contributed by atoms with van der Waals surface area (Å²) in [5, 5.41) is 7.71. The molecule has 0 radical (unpaired) electrons. The van der Waals surface area contributed by atoms with Gasteiger partial charge >= 0.3 is 0 Å². The molecule has 5 nitrogen and oxygen atoms in total. The Labute approximate surface area is 133 Å². The first-order valence-corrected chi connectivity index (χ1v) is 7.42. The molecule has 0 saturated carbocycles. The summed E-state index contributed by atoms with van der Waals surface area (Å²) in [5.41, 5.74) is 3.97. The van der Waals surface area contributed by atoms with Crippen molar-refractivity contribution >= 4 is 11.5 Å². The first kappa shape index (κ1) is 13.8. The van der Waals surface area contributed by atoms with Gasteiger partial charge in [0.05, 0.1) is 24.6 Å². The number of anilines is 2. The predicted molar refractivity (Wildman–Crippen MR) is 87.5 cm³/mol. The van der Waals surface area contributed by atoms with Gasteiger partial charge in [-0.15, -0.1) is 0 Å². The minimum atomic E-state index is -0.235. The monoisotopic (exact) mass is 309 g/mol. The van der Waals surface area contributed by atoms with Gasteiger partial charge in [-0.05, 0) is 29.8 Å². The van der Waals surface area contributed by atoms with Gasteiger partial charge in [-0.25, -0.2) is 9.37 Å². The van der Waals surface area contributed by atoms with Crippen molar-refractivity contribution in [2.24, 2.45) is 7.05 Å². The number of pyridine rings is 1. The third kappa shape index (κ3) is 2.63. The van der Waals surface area contributed by atoms with Crippen LogP contribution in [0.4, 0.5) is 15.9 Å². The van der Waals surface area contributed by atoms with Crippen molar-refractivity contribution in [3.05, 3.63) is 60.3 Å². The number of hydrogen-bond donors (Lipinski definition) is 1. The van der Waals surface area contributed by atoms with E-state index in [1.54, 1.807) is 16.8 Å². The maximum absolute atomic E-state index is 13.1. The molecule has 4 rings (SSSR count). The average molecular weight is 309 g/mol. The van der Waals surface area contributed by atoms with Crippen molar-refractivity contribution in [3.8, 4) is 11.1 Å². The summed E-state index contributed by atoms with van der Waals surface area (Å²) in [6.45, 7) is 1.42. The van der Waals surface area contributed by atoms with E-state index in [1.807, 2.05) is 25.5 Å². The molecule has 116 valence electrons. The van der Waals surface area contributed by atoms with Crippen LogP contribution in [0.25, 0.3) is 11.1 Å². The first-order chi connectivity index (χ1) is 11.2. The van der Waals surface area contributed by atoms with Crippen molar-refractivity contribution in [2.45, 2.75) is 6.54 Å². The van der Waals surface area contributed by atoms with Crippen LogP contribution in [0, 0.1) is 5.82 Å². The highest BCUT2D eigenvalue weighted by atomic mass is 19.1. The molecular weight excluding hydrogens is 293 g/mol. The normalized spacial score (nSPS) is 13.0. The second-order valence-electron chi connectivity index (χ2n) is 5.61. The summed E-state index contributed by atoms with van der Waals surface area (Å²) >= 11 is 0. The molecule has 6 heteroatoms. The van der Waals surface area contributed by atoms with E-state index in [-0.39, 0.29) is 5.82 Å². The van der Waals surface area contributed by atoms with Crippen molar-refractivity contribution in [2.75, 3.05) is 16.9 Å². The van der Waals surface area contributed by atoms with E-state index in [4.69, 9.17) is 0 Å². The van der Waals surface area contributed by atoms with Crippen molar-refractivity contribution in [3.63, 3.8) is 0 Å². The lowest BCUT2D eigenvalue weighted by molar-refractivity contribution is 0.628. The predicted octanol–water partition coefficient (Wildman–Crippen LogP) is 3.01. The summed E-state index contributed by atoms with van der Waals surface area (Å²) in [4.78, 5) is 6.68. The van der Waals surface area contributed by atoms with Gasteiger partial charge in [-0.3, -0.25) is 4.68 Å². The molecule has 3 heterocycles. The van der Waals surface area contributed by atoms with Gasteiger partial charge in [0.2, 0.25) is 0 Å².